The lowest BCUT2D eigenvalue weighted by molar-refractivity contribution is 0.399. The third kappa shape index (κ3) is 3.00. The second-order valence-corrected chi connectivity index (χ2v) is 5.50. The van der Waals surface area contributed by atoms with Gasteiger partial charge in [-0.05, 0) is 38.8 Å². The van der Waals surface area contributed by atoms with Gasteiger partial charge in [-0.1, -0.05) is 24.9 Å². The van der Waals surface area contributed by atoms with Crippen LogP contribution in [0, 0.1) is 0 Å². The Morgan fingerprint density at radius 3 is 3.05 bits per heavy atom. The minimum absolute atomic E-state index is 0.216. The molecule has 3 rings (SSSR count). The summed E-state index contributed by atoms with van der Waals surface area (Å²) in [5.41, 5.74) is 1.97. The number of nitrogens with zero attached hydrogens (tertiary/aromatic N) is 4. The molecule has 1 fully saturated rings. The van der Waals surface area contributed by atoms with Crippen LogP contribution in [0.25, 0.3) is 11.6 Å². The van der Waals surface area contributed by atoms with Crippen LogP contribution in [0.15, 0.2) is 10.6 Å². The summed E-state index contributed by atoms with van der Waals surface area (Å²) < 4.78 is 7.41. The van der Waals surface area contributed by atoms with Crippen LogP contribution >= 0.6 is 0 Å². The number of nitrogens with one attached hydrogen (secondary N) is 1. The molecule has 0 aromatic carbocycles. The van der Waals surface area contributed by atoms with E-state index < -0.39 is 0 Å². The maximum atomic E-state index is 5.48. The molecular formula is C15H23N5O. The van der Waals surface area contributed by atoms with Crippen molar-refractivity contribution in [2.24, 2.45) is 0 Å². The zero-order chi connectivity index (χ0) is 14.7. The zero-order valence-electron chi connectivity index (χ0n) is 12.8. The van der Waals surface area contributed by atoms with Crippen molar-refractivity contribution in [3.8, 4) is 11.6 Å². The molecule has 3 heterocycles. The molecule has 21 heavy (non-hydrogen) atoms. The van der Waals surface area contributed by atoms with Crippen LogP contribution in [-0.2, 0) is 13.0 Å². The van der Waals surface area contributed by atoms with E-state index in [0.717, 1.165) is 43.1 Å². The lowest BCUT2D eigenvalue weighted by atomic mass is 10.1. The summed E-state index contributed by atoms with van der Waals surface area (Å²) in [6, 6.07) is 2.26. The van der Waals surface area contributed by atoms with Crippen molar-refractivity contribution in [3.63, 3.8) is 0 Å². The van der Waals surface area contributed by atoms with Crippen LogP contribution in [0.1, 0.15) is 57.1 Å². The monoisotopic (exact) mass is 289 g/mol. The van der Waals surface area contributed by atoms with Gasteiger partial charge in [-0.3, -0.25) is 4.68 Å². The number of hydrogen-bond acceptors (Lipinski definition) is 5. The van der Waals surface area contributed by atoms with E-state index in [1.807, 2.05) is 10.7 Å². The largest absolute Gasteiger partial charge is 0.332 e. The Labute approximate surface area is 124 Å². The first-order valence-electron chi connectivity index (χ1n) is 7.96. The third-order valence-electron chi connectivity index (χ3n) is 4.03. The standard InChI is InChI=1S/C15H23N5O/c1-3-11-10-13(20(4-2)18-11)15-17-14(19-21-15)12-8-6-5-7-9-16-12/h10,12,16H,3-9H2,1-2H3. The van der Waals surface area contributed by atoms with E-state index in [0.29, 0.717) is 5.89 Å². The predicted molar refractivity (Wildman–Crippen MR) is 79.8 cm³/mol. The van der Waals surface area contributed by atoms with Gasteiger partial charge in [0, 0.05) is 6.54 Å². The van der Waals surface area contributed by atoms with Crippen LogP contribution < -0.4 is 5.32 Å². The van der Waals surface area contributed by atoms with Gasteiger partial charge in [0.15, 0.2) is 5.82 Å². The second kappa shape index (κ2) is 6.39. The molecule has 0 saturated carbocycles. The predicted octanol–water partition coefficient (Wildman–Crippen LogP) is 2.72. The van der Waals surface area contributed by atoms with Crippen molar-refractivity contribution >= 4 is 0 Å². The molecule has 1 aliphatic rings. The summed E-state index contributed by atoms with van der Waals surface area (Å²) in [6.07, 6.45) is 5.70. The first-order chi connectivity index (χ1) is 10.3. The van der Waals surface area contributed by atoms with Gasteiger partial charge in [0.05, 0.1) is 11.7 Å². The summed E-state index contributed by atoms with van der Waals surface area (Å²) >= 11 is 0. The summed E-state index contributed by atoms with van der Waals surface area (Å²) in [7, 11) is 0. The molecule has 6 nitrogen and oxygen atoms in total. The third-order valence-corrected chi connectivity index (χ3v) is 4.03. The number of hydrogen-bond donors (Lipinski definition) is 1. The Bertz CT molecular complexity index is 581. The van der Waals surface area contributed by atoms with Crippen LogP contribution in [0.2, 0.25) is 0 Å². The first kappa shape index (κ1) is 14.3. The van der Waals surface area contributed by atoms with E-state index in [-0.39, 0.29) is 6.04 Å². The van der Waals surface area contributed by atoms with Gasteiger partial charge in [0.25, 0.3) is 5.89 Å². The zero-order valence-corrected chi connectivity index (χ0v) is 12.8. The highest BCUT2D eigenvalue weighted by Crippen LogP contribution is 2.24. The quantitative estimate of drug-likeness (QED) is 0.937. The number of rotatable bonds is 4. The van der Waals surface area contributed by atoms with Crippen molar-refractivity contribution in [3.05, 3.63) is 17.6 Å². The summed E-state index contributed by atoms with van der Waals surface area (Å²) in [5, 5.41) is 12.2. The molecule has 0 radical (unpaired) electrons. The molecule has 1 N–H and O–H groups in total. The smallest absolute Gasteiger partial charge is 0.276 e. The van der Waals surface area contributed by atoms with Gasteiger partial charge in [0.2, 0.25) is 0 Å². The average Bonchev–Trinajstić information content (AvgIpc) is 3.06. The van der Waals surface area contributed by atoms with Gasteiger partial charge in [0.1, 0.15) is 5.69 Å². The maximum absolute atomic E-state index is 5.48. The molecule has 2 aromatic rings. The molecule has 1 unspecified atom stereocenters. The summed E-state index contributed by atoms with van der Waals surface area (Å²) in [6.45, 7) is 6.00. The van der Waals surface area contributed by atoms with E-state index in [1.54, 1.807) is 0 Å². The van der Waals surface area contributed by atoms with Crippen LogP contribution in [0.5, 0.6) is 0 Å². The molecule has 0 bridgehead atoms. The first-order valence-corrected chi connectivity index (χ1v) is 7.96. The fraction of sp³-hybridized carbons (Fsp3) is 0.667. The van der Waals surface area contributed by atoms with Gasteiger partial charge in [-0.15, -0.1) is 0 Å². The maximum Gasteiger partial charge on any atom is 0.276 e. The van der Waals surface area contributed by atoms with Gasteiger partial charge >= 0.3 is 0 Å². The van der Waals surface area contributed by atoms with Crippen LogP contribution in [0.4, 0.5) is 0 Å². The molecule has 114 valence electrons. The van der Waals surface area contributed by atoms with Crippen LogP contribution in [-0.4, -0.2) is 26.5 Å². The number of aryl methyl sites for hydroxylation is 2. The van der Waals surface area contributed by atoms with E-state index in [4.69, 9.17) is 4.52 Å². The Morgan fingerprint density at radius 1 is 1.33 bits per heavy atom. The Kier molecular flexibility index (Phi) is 4.34. The van der Waals surface area contributed by atoms with Crippen molar-refractivity contribution in [1.29, 1.82) is 0 Å². The topological polar surface area (TPSA) is 68.8 Å². The van der Waals surface area contributed by atoms with Gasteiger partial charge in [-0.2, -0.15) is 10.1 Å². The minimum atomic E-state index is 0.216. The molecule has 2 aromatic heterocycles. The second-order valence-electron chi connectivity index (χ2n) is 5.50. The fourth-order valence-corrected chi connectivity index (χ4v) is 2.79. The van der Waals surface area contributed by atoms with E-state index in [9.17, 15) is 0 Å². The van der Waals surface area contributed by atoms with Crippen LogP contribution in [0.3, 0.4) is 0 Å². The summed E-state index contributed by atoms with van der Waals surface area (Å²) in [4.78, 5) is 4.60. The highest BCUT2D eigenvalue weighted by Gasteiger charge is 2.21. The Hall–Kier alpha value is -1.69. The molecule has 0 aliphatic carbocycles. The Morgan fingerprint density at radius 2 is 2.24 bits per heavy atom. The molecule has 0 amide bonds. The molecule has 1 aliphatic heterocycles. The molecule has 6 heteroatoms. The lowest BCUT2D eigenvalue weighted by Crippen LogP contribution is -2.21. The SMILES string of the molecule is CCc1cc(-c2nc(C3CCCCCN3)no2)n(CC)n1. The minimum Gasteiger partial charge on any atom is -0.332 e. The van der Waals surface area contributed by atoms with Crippen molar-refractivity contribution in [2.45, 2.75) is 58.5 Å². The van der Waals surface area contributed by atoms with E-state index in [1.165, 1.54) is 19.3 Å². The van der Waals surface area contributed by atoms with Crippen molar-refractivity contribution in [1.82, 2.24) is 25.2 Å². The molecule has 0 spiro atoms. The van der Waals surface area contributed by atoms with Gasteiger partial charge < -0.3 is 9.84 Å². The summed E-state index contributed by atoms with van der Waals surface area (Å²) in [5.74, 6) is 1.35. The van der Waals surface area contributed by atoms with E-state index >= 15 is 0 Å². The van der Waals surface area contributed by atoms with E-state index in [2.05, 4.69) is 34.4 Å². The molecule has 1 atom stereocenters. The van der Waals surface area contributed by atoms with Gasteiger partial charge in [-0.25, -0.2) is 0 Å². The van der Waals surface area contributed by atoms with Crippen molar-refractivity contribution < 1.29 is 4.52 Å². The van der Waals surface area contributed by atoms with Crippen molar-refractivity contribution in [2.75, 3.05) is 6.54 Å². The lowest BCUT2D eigenvalue weighted by Gasteiger charge is -2.09. The highest BCUT2D eigenvalue weighted by molar-refractivity contribution is 5.48. The molecular weight excluding hydrogens is 266 g/mol. The fourth-order valence-electron chi connectivity index (χ4n) is 2.79. The number of aromatic nitrogens is 4. The molecule has 1 saturated heterocycles. The highest BCUT2D eigenvalue weighted by atomic mass is 16.5. The normalized spacial score (nSPS) is 19.6. The average molecular weight is 289 g/mol. The Balaban J connectivity index is 1.85.